The van der Waals surface area contributed by atoms with E-state index in [1.165, 1.54) is 5.56 Å². The predicted molar refractivity (Wildman–Crippen MR) is 129 cm³/mol. The highest BCUT2D eigenvalue weighted by molar-refractivity contribution is 14.0. The first-order chi connectivity index (χ1) is 13.6. The highest BCUT2D eigenvalue weighted by atomic mass is 127. The van der Waals surface area contributed by atoms with Gasteiger partial charge in [0.25, 0.3) is 0 Å². The van der Waals surface area contributed by atoms with Crippen molar-refractivity contribution in [2.75, 3.05) is 34.4 Å². The van der Waals surface area contributed by atoms with E-state index in [0.29, 0.717) is 30.4 Å². The van der Waals surface area contributed by atoms with Crippen LogP contribution < -0.4 is 24.8 Å². The summed E-state index contributed by atoms with van der Waals surface area (Å²) in [6, 6.07) is 11.7. The average Bonchev–Trinajstić information content (AvgIpc) is 2.72. The largest absolute Gasteiger partial charge is 0.493 e. The second-order valence-corrected chi connectivity index (χ2v) is 6.43. The van der Waals surface area contributed by atoms with Gasteiger partial charge in [0, 0.05) is 25.2 Å². The lowest BCUT2D eigenvalue weighted by Gasteiger charge is -2.16. The van der Waals surface area contributed by atoms with Gasteiger partial charge >= 0.3 is 0 Å². The van der Waals surface area contributed by atoms with Crippen LogP contribution in [0.1, 0.15) is 18.1 Å². The topological polar surface area (TPSA) is 64.1 Å². The first-order valence-corrected chi connectivity index (χ1v) is 9.55. The maximum absolute atomic E-state index is 5.92. The molecule has 2 rings (SSSR count). The molecule has 0 spiro atoms. The van der Waals surface area contributed by atoms with Crippen molar-refractivity contribution in [2.24, 2.45) is 4.99 Å². The van der Waals surface area contributed by atoms with E-state index in [4.69, 9.17) is 25.8 Å². The minimum Gasteiger partial charge on any atom is -0.493 e. The SMILES string of the molecule is CCOc1c(OC)cc(CNC(=NC)NCCc2ccc(Cl)cc2)cc1OC.I. The summed E-state index contributed by atoms with van der Waals surface area (Å²) in [6.45, 7) is 3.79. The molecule has 0 aromatic heterocycles. The van der Waals surface area contributed by atoms with Crippen LogP contribution in [0.15, 0.2) is 41.4 Å². The van der Waals surface area contributed by atoms with E-state index in [1.807, 2.05) is 43.3 Å². The third kappa shape index (κ3) is 7.81. The molecule has 2 aromatic carbocycles. The quantitative estimate of drug-likeness (QED) is 0.286. The first kappa shape index (κ1) is 25.2. The number of guanidine groups is 1. The van der Waals surface area contributed by atoms with Gasteiger partial charge in [0.1, 0.15) is 0 Å². The van der Waals surface area contributed by atoms with Crippen molar-refractivity contribution < 1.29 is 14.2 Å². The van der Waals surface area contributed by atoms with Gasteiger partial charge in [-0.05, 0) is 48.7 Å². The number of benzene rings is 2. The van der Waals surface area contributed by atoms with Gasteiger partial charge in [0.15, 0.2) is 17.5 Å². The molecular formula is C21H29ClIN3O3. The van der Waals surface area contributed by atoms with Crippen LogP contribution in [0.5, 0.6) is 17.2 Å². The van der Waals surface area contributed by atoms with Crippen LogP contribution in [0.3, 0.4) is 0 Å². The Bertz CT molecular complexity index is 760. The molecular weight excluding hydrogens is 505 g/mol. The first-order valence-electron chi connectivity index (χ1n) is 9.17. The fourth-order valence-electron chi connectivity index (χ4n) is 2.71. The zero-order chi connectivity index (χ0) is 20.4. The minimum absolute atomic E-state index is 0. The summed E-state index contributed by atoms with van der Waals surface area (Å²) in [5.41, 5.74) is 2.21. The molecule has 0 fully saturated rings. The lowest BCUT2D eigenvalue weighted by molar-refractivity contribution is 0.288. The van der Waals surface area contributed by atoms with Crippen LogP contribution in [0.25, 0.3) is 0 Å². The second-order valence-electron chi connectivity index (χ2n) is 5.99. The monoisotopic (exact) mass is 533 g/mol. The minimum atomic E-state index is 0. The van der Waals surface area contributed by atoms with Crippen LogP contribution in [-0.2, 0) is 13.0 Å². The maximum atomic E-state index is 5.92. The molecule has 160 valence electrons. The van der Waals surface area contributed by atoms with Crippen molar-refractivity contribution in [2.45, 2.75) is 19.9 Å². The van der Waals surface area contributed by atoms with E-state index >= 15 is 0 Å². The van der Waals surface area contributed by atoms with Gasteiger partial charge in [-0.3, -0.25) is 4.99 Å². The zero-order valence-electron chi connectivity index (χ0n) is 17.3. The van der Waals surface area contributed by atoms with Crippen molar-refractivity contribution in [3.63, 3.8) is 0 Å². The van der Waals surface area contributed by atoms with Crippen LogP contribution in [0, 0.1) is 0 Å². The molecule has 0 bridgehead atoms. The summed E-state index contributed by atoms with van der Waals surface area (Å²) in [7, 11) is 4.98. The molecule has 0 heterocycles. The van der Waals surface area contributed by atoms with Gasteiger partial charge in [-0.1, -0.05) is 23.7 Å². The lowest BCUT2D eigenvalue weighted by Crippen LogP contribution is -2.37. The van der Waals surface area contributed by atoms with Crippen LogP contribution in [0.4, 0.5) is 0 Å². The molecule has 0 saturated heterocycles. The summed E-state index contributed by atoms with van der Waals surface area (Å²) < 4.78 is 16.5. The van der Waals surface area contributed by atoms with Crippen molar-refractivity contribution in [1.82, 2.24) is 10.6 Å². The molecule has 0 radical (unpaired) electrons. The highest BCUT2D eigenvalue weighted by Crippen LogP contribution is 2.38. The number of nitrogens with zero attached hydrogens (tertiary/aromatic N) is 1. The molecule has 0 atom stereocenters. The molecule has 0 aliphatic rings. The fraction of sp³-hybridized carbons (Fsp3) is 0.381. The van der Waals surface area contributed by atoms with E-state index in [1.54, 1.807) is 21.3 Å². The Kier molecular flexibility index (Phi) is 11.6. The molecule has 0 amide bonds. The van der Waals surface area contributed by atoms with Gasteiger partial charge in [0.05, 0.1) is 20.8 Å². The molecule has 2 aromatic rings. The van der Waals surface area contributed by atoms with Crippen molar-refractivity contribution >= 4 is 41.5 Å². The fourth-order valence-corrected chi connectivity index (χ4v) is 2.83. The number of aliphatic imine (C=N–C) groups is 1. The molecule has 6 nitrogen and oxygen atoms in total. The standard InChI is InChI=1S/C21H28ClN3O3.HI/c1-5-28-20-18(26-3)12-16(13-19(20)27-4)14-25-21(23-2)24-11-10-15-6-8-17(22)9-7-15;/h6-9,12-13H,5,10-11,14H2,1-4H3,(H2,23,24,25);1H. The Morgan fingerprint density at radius 2 is 1.62 bits per heavy atom. The van der Waals surface area contributed by atoms with Crippen LogP contribution in [0.2, 0.25) is 5.02 Å². The molecule has 0 aliphatic heterocycles. The van der Waals surface area contributed by atoms with Gasteiger partial charge < -0.3 is 24.8 Å². The smallest absolute Gasteiger partial charge is 0.203 e. The van der Waals surface area contributed by atoms with E-state index < -0.39 is 0 Å². The Morgan fingerprint density at radius 1 is 1.00 bits per heavy atom. The number of ether oxygens (including phenoxy) is 3. The Hall–Kier alpha value is -1.87. The van der Waals surface area contributed by atoms with E-state index in [0.717, 1.165) is 29.5 Å². The summed E-state index contributed by atoms with van der Waals surface area (Å²) >= 11 is 5.92. The summed E-state index contributed by atoms with van der Waals surface area (Å²) in [6.07, 6.45) is 0.878. The lowest BCUT2D eigenvalue weighted by atomic mass is 10.1. The summed E-state index contributed by atoms with van der Waals surface area (Å²) in [5, 5.41) is 7.36. The maximum Gasteiger partial charge on any atom is 0.203 e. The normalized spacial score (nSPS) is 10.7. The third-order valence-electron chi connectivity index (χ3n) is 4.11. The van der Waals surface area contributed by atoms with E-state index in [2.05, 4.69) is 15.6 Å². The Morgan fingerprint density at radius 3 is 2.14 bits per heavy atom. The van der Waals surface area contributed by atoms with Gasteiger partial charge in [-0.15, -0.1) is 24.0 Å². The van der Waals surface area contributed by atoms with Crippen molar-refractivity contribution in [3.05, 3.63) is 52.5 Å². The van der Waals surface area contributed by atoms with Crippen LogP contribution in [-0.4, -0.2) is 40.4 Å². The van der Waals surface area contributed by atoms with Crippen molar-refractivity contribution in [1.29, 1.82) is 0 Å². The third-order valence-corrected chi connectivity index (χ3v) is 4.36. The van der Waals surface area contributed by atoms with Crippen LogP contribution >= 0.6 is 35.6 Å². The number of hydrogen-bond donors (Lipinski definition) is 2. The molecule has 0 aliphatic carbocycles. The molecule has 29 heavy (non-hydrogen) atoms. The molecule has 0 saturated carbocycles. The molecule has 2 N–H and O–H groups in total. The molecule has 0 unspecified atom stereocenters. The van der Waals surface area contributed by atoms with Crippen molar-refractivity contribution in [3.8, 4) is 17.2 Å². The predicted octanol–water partition coefficient (Wildman–Crippen LogP) is 4.28. The Labute approximate surface area is 195 Å². The second kappa shape index (κ2) is 13.4. The zero-order valence-corrected chi connectivity index (χ0v) is 20.3. The van der Waals surface area contributed by atoms with E-state index in [-0.39, 0.29) is 24.0 Å². The van der Waals surface area contributed by atoms with Gasteiger partial charge in [0.2, 0.25) is 5.75 Å². The number of rotatable bonds is 9. The average molecular weight is 534 g/mol. The molecule has 8 heteroatoms. The van der Waals surface area contributed by atoms with E-state index in [9.17, 15) is 0 Å². The highest BCUT2D eigenvalue weighted by Gasteiger charge is 2.14. The van der Waals surface area contributed by atoms with Gasteiger partial charge in [-0.2, -0.15) is 0 Å². The summed E-state index contributed by atoms with van der Waals surface area (Å²) in [5.74, 6) is 2.62. The number of nitrogens with one attached hydrogen (secondary N) is 2. The van der Waals surface area contributed by atoms with Gasteiger partial charge in [-0.25, -0.2) is 0 Å². The number of halogens is 2. The Balaban J connectivity index is 0.00000420. The number of methoxy groups -OCH3 is 2. The number of hydrogen-bond acceptors (Lipinski definition) is 4. The summed E-state index contributed by atoms with van der Waals surface area (Å²) in [4.78, 5) is 4.27.